The molecule has 1 N–H and O–H groups in total. The predicted molar refractivity (Wildman–Crippen MR) is 115 cm³/mol. The number of hydrogen-bond acceptors (Lipinski definition) is 5. The number of thiophene rings is 1. The first-order valence-electron chi connectivity index (χ1n) is 9.22. The Morgan fingerprint density at radius 1 is 1.03 bits per heavy atom. The monoisotopic (exact) mass is 429 g/mol. The molecule has 0 aliphatic rings. The molecule has 7 heteroatoms. The predicted octanol–water partition coefficient (Wildman–Crippen LogP) is 4.02. The fraction of sp³-hybridized carbons (Fsp3) is 0.227. The van der Waals surface area contributed by atoms with E-state index in [1.54, 1.807) is 18.2 Å². The van der Waals surface area contributed by atoms with Gasteiger partial charge in [0.05, 0.1) is 12.0 Å². The minimum atomic E-state index is -3.67. The average Bonchev–Trinajstić information content (AvgIpc) is 3.27. The van der Waals surface area contributed by atoms with Crippen LogP contribution < -0.4 is 10.1 Å². The van der Waals surface area contributed by atoms with E-state index in [-0.39, 0.29) is 17.3 Å². The Labute approximate surface area is 175 Å². The van der Waals surface area contributed by atoms with E-state index in [9.17, 15) is 13.2 Å². The molecular weight excluding hydrogens is 406 g/mol. The number of hydrogen-bond donors (Lipinski definition) is 1. The summed E-state index contributed by atoms with van der Waals surface area (Å²) < 4.78 is 31.6. The van der Waals surface area contributed by atoms with E-state index in [0.717, 1.165) is 5.56 Å². The van der Waals surface area contributed by atoms with Crippen LogP contribution in [0.1, 0.15) is 22.1 Å². The van der Waals surface area contributed by atoms with Gasteiger partial charge in [-0.3, -0.25) is 4.79 Å². The molecule has 0 saturated carbocycles. The largest absolute Gasteiger partial charge is 0.497 e. The summed E-state index contributed by atoms with van der Waals surface area (Å²) in [5, 5.41) is 3.80. The molecular formula is C22H23NO4S2. The molecule has 0 aliphatic heterocycles. The van der Waals surface area contributed by atoms with Gasteiger partial charge >= 0.3 is 0 Å². The van der Waals surface area contributed by atoms with Gasteiger partial charge in [-0.1, -0.05) is 36.4 Å². The minimum Gasteiger partial charge on any atom is -0.497 e. The number of carbonyl (C=O) groups excluding carboxylic acids is 1. The first kappa shape index (κ1) is 21.1. The molecule has 1 heterocycles. The van der Waals surface area contributed by atoms with E-state index in [2.05, 4.69) is 5.32 Å². The smallest absolute Gasteiger partial charge is 0.220 e. The lowest BCUT2D eigenvalue weighted by atomic mass is 10.1. The van der Waals surface area contributed by atoms with Gasteiger partial charge in [-0.2, -0.15) is 0 Å². The van der Waals surface area contributed by atoms with Gasteiger partial charge in [-0.25, -0.2) is 8.42 Å². The maximum atomic E-state index is 13.2. The summed E-state index contributed by atoms with van der Waals surface area (Å²) in [7, 11) is -2.14. The first-order valence-corrected chi connectivity index (χ1v) is 11.7. The van der Waals surface area contributed by atoms with Crippen molar-refractivity contribution in [1.82, 2.24) is 5.32 Å². The third kappa shape index (κ3) is 5.46. The van der Waals surface area contributed by atoms with Crippen molar-refractivity contribution in [3.05, 3.63) is 82.6 Å². The molecule has 0 fully saturated rings. The van der Waals surface area contributed by atoms with E-state index in [0.29, 0.717) is 23.5 Å². The van der Waals surface area contributed by atoms with Crippen LogP contribution in [0.25, 0.3) is 0 Å². The van der Waals surface area contributed by atoms with E-state index in [1.165, 1.54) is 30.6 Å². The molecule has 29 heavy (non-hydrogen) atoms. The Balaban J connectivity index is 1.71. The molecule has 0 saturated heterocycles. The number of carbonyl (C=O) groups is 1. The summed E-state index contributed by atoms with van der Waals surface area (Å²) >= 11 is 1.37. The standard InChI is InChI=1S/C22H23NO4S2/c1-27-18-10-12-19(13-11-18)29(25,26)21(20-8-5-15-28-20)16-23-22(24)14-9-17-6-3-2-4-7-17/h2-8,10-13,15,21H,9,14,16H2,1H3,(H,23,24). The highest BCUT2D eigenvalue weighted by atomic mass is 32.2. The van der Waals surface area contributed by atoms with Crippen LogP contribution in [-0.4, -0.2) is 28.0 Å². The third-order valence-corrected chi connectivity index (χ3v) is 7.83. The highest BCUT2D eigenvalue weighted by Crippen LogP contribution is 2.32. The quantitative estimate of drug-likeness (QED) is 0.558. The number of sulfone groups is 1. The fourth-order valence-corrected chi connectivity index (χ4v) is 5.75. The molecule has 3 aromatic rings. The summed E-state index contributed by atoms with van der Waals surface area (Å²) in [6.45, 7) is 0.0303. The van der Waals surface area contributed by atoms with Gasteiger partial charge in [0.25, 0.3) is 0 Å². The van der Waals surface area contributed by atoms with Crippen molar-refractivity contribution in [1.29, 1.82) is 0 Å². The van der Waals surface area contributed by atoms with E-state index in [4.69, 9.17) is 4.74 Å². The Kier molecular flexibility index (Phi) is 7.06. The number of methoxy groups -OCH3 is 1. The van der Waals surface area contributed by atoms with E-state index < -0.39 is 15.1 Å². The summed E-state index contributed by atoms with van der Waals surface area (Å²) in [5.74, 6) is 0.422. The van der Waals surface area contributed by atoms with Gasteiger partial charge in [0, 0.05) is 17.8 Å². The lowest BCUT2D eigenvalue weighted by molar-refractivity contribution is -0.121. The Morgan fingerprint density at radius 3 is 2.38 bits per heavy atom. The van der Waals surface area contributed by atoms with Crippen LogP contribution in [0.3, 0.4) is 0 Å². The van der Waals surface area contributed by atoms with Crippen molar-refractivity contribution >= 4 is 27.1 Å². The number of nitrogens with one attached hydrogen (secondary N) is 1. The van der Waals surface area contributed by atoms with Gasteiger partial charge in [0.15, 0.2) is 9.84 Å². The maximum Gasteiger partial charge on any atom is 0.220 e. The van der Waals surface area contributed by atoms with Gasteiger partial charge in [-0.05, 0) is 47.7 Å². The van der Waals surface area contributed by atoms with Crippen LogP contribution in [0.4, 0.5) is 0 Å². The van der Waals surface area contributed by atoms with E-state index in [1.807, 2.05) is 41.8 Å². The number of benzene rings is 2. The normalized spacial score (nSPS) is 12.3. The molecule has 0 spiro atoms. The fourth-order valence-electron chi connectivity index (χ4n) is 2.96. The maximum absolute atomic E-state index is 13.2. The van der Waals surface area contributed by atoms with Gasteiger partial charge in [-0.15, -0.1) is 11.3 Å². The first-order chi connectivity index (χ1) is 14.0. The van der Waals surface area contributed by atoms with Crippen molar-refractivity contribution in [2.45, 2.75) is 23.0 Å². The van der Waals surface area contributed by atoms with E-state index >= 15 is 0 Å². The molecule has 0 bridgehead atoms. The average molecular weight is 430 g/mol. The number of amides is 1. The topological polar surface area (TPSA) is 72.5 Å². The highest BCUT2D eigenvalue weighted by molar-refractivity contribution is 7.91. The van der Waals surface area contributed by atoms with Gasteiger partial charge < -0.3 is 10.1 Å². The van der Waals surface area contributed by atoms with Crippen molar-refractivity contribution < 1.29 is 17.9 Å². The van der Waals surface area contributed by atoms with Crippen LogP contribution in [0.15, 0.2) is 77.0 Å². The van der Waals surface area contributed by atoms with Crippen molar-refractivity contribution in [3.8, 4) is 5.75 Å². The highest BCUT2D eigenvalue weighted by Gasteiger charge is 2.30. The van der Waals surface area contributed by atoms with Crippen molar-refractivity contribution in [2.75, 3.05) is 13.7 Å². The lowest BCUT2D eigenvalue weighted by Crippen LogP contribution is -2.31. The summed E-state index contributed by atoms with van der Waals surface area (Å²) in [6.07, 6.45) is 0.922. The molecule has 0 radical (unpaired) electrons. The summed E-state index contributed by atoms with van der Waals surface area (Å²) in [4.78, 5) is 13.2. The molecule has 0 aliphatic carbocycles. The van der Waals surface area contributed by atoms with Crippen LogP contribution in [0, 0.1) is 0 Å². The number of aryl methyl sites for hydroxylation is 1. The summed E-state index contributed by atoms with van der Waals surface area (Å²) in [6, 6.07) is 19.6. The second kappa shape index (κ2) is 9.71. The van der Waals surface area contributed by atoms with Crippen LogP contribution in [0.5, 0.6) is 5.75 Å². The van der Waals surface area contributed by atoms with Crippen LogP contribution >= 0.6 is 11.3 Å². The van der Waals surface area contributed by atoms with Crippen molar-refractivity contribution in [3.63, 3.8) is 0 Å². The number of ether oxygens (including phenoxy) is 1. The molecule has 1 atom stereocenters. The zero-order chi connectivity index (χ0) is 20.7. The zero-order valence-corrected chi connectivity index (χ0v) is 17.7. The second-order valence-electron chi connectivity index (χ2n) is 6.51. The summed E-state index contributed by atoms with van der Waals surface area (Å²) in [5.41, 5.74) is 1.07. The molecule has 1 unspecified atom stereocenters. The second-order valence-corrected chi connectivity index (χ2v) is 9.62. The van der Waals surface area contributed by atoms with Crippen LogP contribution in [0.2, 0.25) is 0 Å². The van der Waals surface area contributed by atoms with Gasteiger partial charge in [0.2, 0.25) is 5.91 Å². The minimum absolute atomic E-state index is 0.0303. The Morgan fingerprint density at radius 2 is 1.76 bits per heavy atom. The third-order valence-electron chi connectivity index (χ3n) is 4.59. The van der Waals surface area contributed by atoms with Crippen LogP contribution in [-0.2, 0) is 21.1 Å². The van der Waals surface area contributed by atoms with Gasteiger partial charge in [0.1, 0.15) is 11.0 Å². The molecule has 3 rings (SSSR count). The molecule has 2 aromatic carbocycles. The SMILES string of the molecule is COc1ccc(S(=O)(=O)C(CNC(=O)CCc2ccccc2)c2cccs2)cc1. The number of rotatable bonds is 9. The zero-order valence-electron chi connectivity index (χ0n) is 16.1. The Bertz CT molecular complexity index is 1010. The van der Waals surface area contributed by atoms with Crippen molar-refractivity contribution in [2.24, 2.45) is 0 Å². The molecule has 152 valence electrons. The Hall–Kier alpha value is -2.64. The molecule has 5 nitrogen and oxygen atoms in total. The molecule has 1 amide bonds. The molecule has 1 aromatic heterocycles. The lowest BCUT2D eigenvalue weighted by Gasteiger charge is -2.18.